The number of rotatable bonds is 5. The lowest BCUT2D eigenvalue weighted by Gasteiger charge is -2.21. The standard InChI is InChI=1S/C17H22ClN3/c1-4-21(5-2)14-8-6-13(7-9-14)20-17-11-15(18)16(19)10-12(17)3/h6-11,20H,4-5,19H2,1-3H3. The number of aryl methyl sites for hydroxylation is 1. The SMILES string of the molecule is CCN(CC)c1ccc(Nc2cc(Cl)c(N)cc2C)cc1. The monoisotopic (exact) mass is 303 g/mol. The maximum atomic E-state index is 6.08. The summed E-state index contributed by atoms with van der Waals surface area (Å²) in [6, 6.07) is 12.2. The topological polar surface area (TPSA) is 41.3 Å². The van der Waals surface area contributed by atoms with Gasteiger partial charge < -0.3 is 16.0 Å². The van der Waals surface area contributed by atoms with Gasteiger partial charge in [0.05, 0.1) is 10.7 Å². The van der Waals surface area contributed by atoms with Gasteiger partial charge in [0.1, 0.15) is 0 Å². The number of nitrogen functional groups attached to an aromatic ring is 1. The molecule has 0 atom stereocenters. The second kappa shape index (κ2) is 6.72. The summed E-state index contributed by atoms with van der Waals surface area (Å²) in [5.41, 5.74) is 10.7. The van der Waals surface area contributed by atoms with Gasteiger partial charge in [0.25, 0.3) is 0 Å². The summed E-state index contributed by atoms with van der Waals surface area (Å²) < 4.78 is 0. The molecule has 0 aliphatic carbocycles. The van der Waals surface area contributed by atoms with Crippen LogP contribution in [0.5, 0.6) is 0 Å². The van der Waals surface area contributed by atoms with Crippen molar-refractivity contribution >= 4 is 34.4 Å². The van der Waals surface area contributed by atoms with Crippen molar-refractivity contribution in [3.05, 3.63) is 47.0 Å². The Balaban J connectivity index is 2.19. The molecule has 4 heteroatoms. The Labute approximate surface area is 131 Å². The minimum Gasteiger partial charge on any atom is -0.398 e. The van der Waals surface area contributed by atoms with Gasteiger partial charge in [-0.25, -0.2) is 0 Å². The number of hydrogen-bond acceptors (Lipinski definition) is 3. The van der Waals surface area contributed by atoms with Gasteiger partial charge >= 0.3 is 0 Å². The van der Waals surface area contributed by atoms with Crippen LogP contribution in [0.2, 0.25) is 5.02 Å². The van der Waals surface area contributed by atoms with Crippen LogP contribution in [0.4, 0.5) is 22.7 Å². The van der Waals surface area contributed by atoms with Gasteiger partial charge in [-0.1, -0.05) is 11.6 Å². The Bertz CT molecular complexity index is 604. The Morgan fingerprint density at radius 2 is 1.71 bits per heavy atom. The highest BCUT2D eigenvalue weighted by atomic mass is 35.5. The minimum absolute atomic E-state index is 0.572. The average molecular weight is 304 g/mol. The third kappa shape index (κ3) is 3.61. The van der Waals surface area contributed by atoms with E-state index in [0.717, 1.165) is 30.0 Å². The number of nitrogens with one attached hydrogen (secondary N) is 1. The van der Waals surface area contributed by atoms with Gasteiger partial charge in [-0.3, -0.25) is 0 Å². The van der Waals surface area contributed by atoms with Crippen LogP contribution in [0.3, 0.4) is 0 Å². The first-order valence-corrected chi connectivity index (χ1v) is 7.60. The molecule has 0 radical (unpaired) electrons. The summed E-state index contributed by atoms with van der Waals surface area (Å²) in [7, 11) is 0. The summed E-state index contributed by atoms with van der Waals surface area (Å²) >= 11 is 6.08. The molecule has 0 amide bonds. The summed E-state index contributed by atoms with van der Waals surface area (Å²) in [6.07, 6.45) is 0. The lowest BCUT2D eigenvalue weighted by atomic mass is 10.1. The van der Waals surface area contributed by atoms with Crippen molar-refractivity contribution in [3.8, 4) is 0 Å². The minimum atomic E-state index is 0.572. The zero-order valence-corrected chi connectivity index (χ0v) is 13.5. The zero-order valence-electron chi connectivity index (χ0n) is 12.8. The van der Waals surface area contributed by atoms with E-state index in [4.69, 9.17) is 17.3 Å². The van der Waals surface area contributed by atoms with Crippen molar-refractivity contribution in [2.45, 2.75) is 20.8 Å². The molecule has 0 unspecified atom stereocenters. The van der Waals surface area contributed by atoms with Gasteiger partial charge in [0, 0.05) is 30.2 Å². The molecule has 0 saturated heterocycles. The molecule has 0 saturated carbocycles. The van der Waals surface area contributed by atoms with Crippen molar-refractivity contribution in [1.82, 2.24) is 0 Å². The highest BCUT2D eigenvalue weighted by Crippen LogP contribution is 2.29. The number of hydrogen-bond donors (Lipinski definition) is 2. The number of halogens is 1. The van der Waals surface area contributed by atoms with Crippen LogP contribution >= 0.6 is 11.6 Å². The highest BCUT2D eigenvalue weighted by Gasteiger charge is 2.05. The first-order valence-electron chi connectivity index (χ1n) is 7.22. The number of nitrogens with two attached hydrogens (primary N) is 1. The Morgan fingerprint density at radius 3 is 2.29 bits per heavy atom. The molecule has 3 nitrogen and oxygen atoms in total. The third-order valence-electron chi connectivity index (χ3n) is 3.62. The molecule has 0 aliphatic heterocycles. The second-order valence-corrected chi connectivity index (χ2v) is 5.44. The van der Waals surface area contributed by atoms with E-state index in [-0.39, 0.29) is 0 Å². The van der Waals surface area contributed by atoms with Crippen molar-refractivity contribution in [2.75, 3.05) is 29.0 Å². The van der Waals surface area contributed by atoms with Crippen molar-refractivity contribution < 1.29 is 0 Å². The van der Waals surface area contributed by atoms with Crippen molar-refractivity contribution in [1.29, 1.82) is 0 Å². The van der Waals surface area contributed by atoms with E-state index in [1.807, 2.05) is 19.1 Å². The molecular formula is C17H22ClN3. The first kappa shape index (κ1) is 15.5. The van der Waals surface area contributed by atoms with E-state index in [1.54, 1.807) is 0 Å². The molecule has 0 heterocycles. The fourth-order valence-electron chi connectivity index (χ4n) is 2.34. The molecule has 0 fully saturated rings. The molecular weight excluding hydrogens is 282 g/mol. The van der Waals surface area contributed by atoms with E-state index in [9.17, 15) is 0 Å². The van der Waals surface area contributed by atoms with Crippen LogP contribution in [0.15, 0.2) is 36.4 Å². The van der Waals surface area contributed by atoms with E-state index in [2.05, 4.69) is 48.3 Å². The molecule has 2 aromatic carbocycles. The average Bonchev–Trinajstić information content (AvgIpc) is 2.48. The van der Waals surface area contributed by atoms with E-state index in [1.165, 1.54) is 5.69 Å². The number of nitrogens with zero attached hydrogens (tertiary/aromatic N) is 1. The van der Waals surface area contributed by atoms with Gasteiger partial charge in [0.2, 0.25) is 0 Å². The van der Waals surface area contributed by atoms with Crippen LogP contribution in [0.25, 0.3) is 0 Å². The summed E-state index contributed by atoms with van der Waals surface area (Å²) in [5, 5.41) is 3.96. The molecule has 0 aliphatic rings. The van der Waals surface area contributed by atoms with E-state index in [0.29, 0.717) is 10.7 Å². The largest absolute Gasteiger partial charge is 0.398 e. The summed E-state index contributed by atoms with van der Waals surface area (Å²) in [5.74, 6) is 0. The Hall–Kier alpha value is -1.87. The third-order valence-corrected chi connectivity index (χ3v) is 3.95. The van der Waals surface area contributed by atoms with Gasteiger partial charge in [-0.15, -0.1) is 0 Å². The number of anilines is 4. The van der Waals surface area contributed by atoms with Crippen LogP contribution in [-0.2, 0) is 0 Å². The van der Waals surface area contributed by atoms with Crippen molar-refractivity contribution in [3.63, 3.8) is 0 Å². The Kier molecular flexibility index (Phi) is 4.97. The van der Waals surface area contributed by atoms with Crippen LogP contribution in [0, 0.1) is 6.92 Å². The van der Waals surface area contributed by atoms with E-state index >= 15 is 0 Å². The fourth-order valence-corrected chi connectivity index (χ4v) is 2.50. The molecule has 0 aromatic heterocycles. The van der Waals surface area contributed by atoms with Crippen molar-refractivity contribution in [2.24, 2.45) is 0 Å². The quantitative estimate of drug-likeness (QED) is 0.778. The normalized spacial score (nSPS) is 10.5. The molecule has 2 rings (SSSR count). The molecule has 0 bridgehead atoms. The summed E-state index contributed by atoms with van der Waals surface area (Å²) in [4.78, 5) is 2.31. The maximum absolute atomic E-state index is 6.08. The van der Waals surface area contributed by atoms with E-state index < -0.39 is 0 Å². The van der Waals surface area contributed by atoms with Crippen LogP contribution in [-0.4, -0.2) is 13.1 Å². The fraction of sp³-hybridized carbons (Fsp3) is 0.294. The van der Waals surface area contributed by atoms with Gasteiger partial charge in [-0.2, -0.15) is 0 Å². The first-order chi connectivity index (χ1) is 10.0. The molecule has 21 heavy (non-hydrogen) atoms. The molecule has 3 N–H and O–H groups in total. The summed E-state index contributed by atoms with van der Waals surface area (Å²) in [6.45, 7) is 8.36. The molecule has 112 valence electrons. The van der Waals surface area contributed by atoms with Gasteiger partial charge in [-0.05, 0) is 62.7 Å². The van der Waals surface area contributed by atoms with Crippen LogP contribution < -0.4 is 16.0 Å². The molecule has 2 aromatic rings. The Morgan fingerprint density at radius 1 is 1.10 bits per heavy atom. The van der Waals surface area contributed by atoms with Gasteiger partial charge in [0.15, 0.2) is 0 Å². The second-order valence-electron chi connectivity index (χ2n) is 5.03. The zero-order chi connectivity index (χ0) is 15.4. The highest BCUT2D eigenvalue weighted by molar-refractivity contribution is 6.33. The number of benzene rings is 2. The smallest absolute Gasteiger partial charge is 0.0656 e. The van der Waals surface area contributed by atoms with Crippen LogP contribution in [0.1, 0.15) is 19.4 Å². The predicted molar refractivity (Wildman–Crippen MR) is 93.9 cm³/mol. The lowest BCUT2D eigenvalue weighted by molar-refractivity contribution is 0.866. The predicted octanol–water partition coefficient (Wildman–Crippen LogP) is 4.82. The maximum Gasteiger partial charge on any atom is 0.0656 e. The molecule has 0 spiro atoms. The lowest BCUT2D eigenvalue weighted by Crippen LogP contribution is -2.21.